The molecule has 0 saturated heterocycles. The third-order valence-corrected chi connectivity index (χ3v) is 6.85. The second-order valence-corrected chi connectivity index (χ2v) is 10.1. The molecular weight excluding hydrogens is 476 g/mol. The largest absolute Gasteiger partial charge is 0.456 e. The van der Waals surface area contributed by atoms with Gasteiger partial charge in [-0.1, -0.05) is 25.6 Å². The predicted molar refractivity (Wildman–Crippen MR) is 126 cm³/mol. The number of benzene rings is 2. The molecule has 3 rings (SSSR count). The molecule has 1 atom stereocenters. The minimum atomic E-state index is -4.41. The van der Waals surface area contributed by atoms with Gasteiger partial charge in [-0.25, -0.2) is 9.59 Å². The summed E-state index contributed by atoms with van der Waals surface area (Å²) < 4.78 is 48.3. The normalized spacial score (nSPS) is 15.9. The van der Waals surface area contributed by atoms with Crippen LogP contribution in [0.25, 0.3) is 10.8 Å². The Morgan fingerprint density at radius 1 is 1.09 bits per heavy atom. The molecule has 1 aliphatic rings. The van der Waals surface area contributed by atoms with Crippen LogP contribution in [0.15, 0.2) is 53.4 Å². The average molecular weight is 505 g/mol. The Balaban J connectivity index is 1.77. The van der Waals surface area contributed by atoms with Gasteiger partial charge in [-0.15, -0.1) is 0 Å². The Bertz CT molecular complexity index is 1260. The summed E-state index contributed by atoms with van der Waals surface area (Å²) in [7, 11) is -4.41. The summed E-state index contributed by atoms with van der Waals surface area (Å²) in [6, 6.07) is 8.50. The zero-order valence-electron chi connectivity index (χ0n) is 19.6. The fourth-order valence-corrected chi connectivity index (χ4v) is 4.50. The molecule has 2 aromatic carbocycles. The Morgan fingerprint density at radius 3 is 2.34 bits per heavy atom. The van der Waals surface area contributed by atoms with Crippen LogP contribution >= 0.6 is 0 Å². The van der Waals surface area contributed by atoms with Crippen LogP contribution in [-0.2, 0) is 34.0 Å². The molecule has 1 aliphatic carbocycles. The van der Waals surface area contributed by atoms with Crippen LogP contribution in [0, 0.1) is 0 Å². The van der Waals surface area contributed by atoms with Crippen molar-refractivity contribution in [1.29, 1.82) is 0 Å². The molecular formula is C25H28O9S. The number of carbonyl (C=O) groups is 3. The lowest BCUT2D eigenvalue weighted by molar-refractivity contribution is -0.180. The smallest absolute Gasteiger partial charge is 0.348 e. The van der Waals surface area contributed by atoms with Gasteiger partial charge in [-0.2, -0.15) is 8.42 Å². The number of esters is 3. The summed E-state index contributed by atoms with van der Waals surface area (Å²) in [5.74, 6) is -2.44. The van der Waals surface area contributed by atoms with E-state index in [1.807, 2.05) is 6.92 Å². The van der Waals surface area contributed by atoms with Crippen LogP contribution in [0.5, 0.6) is 5.75 Å². The van der Waals surface area contributed by atoms with Gasteiger partial charge in [0.1, 0.15) is 11.4 Å². The molecule has 0 aromatic heterocycles. The molecule has 0 heterocycles. The van der Waals surface area contributed by atoms with Gasteiger partial charge < -0.3 is 14.2 Å². The van der Waals surface area contributed by atoms with E-state index in [1.165, 1.54) is 37.3 Å². The van der Waals surface area contributed by atoms with Crippen molar-refractivity contribution in [3.63, 3.8) is 0 Å². The van der Waals surface area contributed by atoms with Gasteiger partial charge in [0.15, 0.2) is 0 Å². The monoisotopic (exact) mass is 504 g/mol. The van der Waals surface area contributed by atoms with Gasteiger partial charge in [0.05, 0.1) is 11.3 Å². The zero-order valence-corrected chi connectivity index (χ0v) is 20.4. The third kappa shape index (κ3) is 6.67. The van der Waals surface area contributed by atoms with E-state index < -0.39 is 46.2 Å². The third-order valence-electron chi connectivity index (χ3n) is 6.00. The Kier molecular flexibility index (Phi) is 7.97. The van der Waals surface area contributed by atoms with Crippen molar-refractivity contribution < 1.29 is 41.6 Å². The van der Waals surface area contributed by atoms with Crippen LogP contribution in [0.1, 0.15) is 52.4 Å². The predicted octanol–water partition coefficient (Wildman–Crippen LogP) is 4.14. The van der Waals surface area contributed by atoms with Crippen LogP contribution in [-0.4, -0.2) is 42.6 Å². The van der Waals surface area contributed by atoms with Gasteiger partial charge >= 0.3 is 17.9 Å². The molecule has 0 aliphatic heterocycles. The standard InChI is InChI=1S/C25H28O9S/c1-4-25(11-5-6-12-25)34-24(28)21(33-23(27)16(2)3)15-22(26)32-19-9-7-17-8-10-20(35(29,30)31)14-18(17)13-19/h7-10,13-14,21H,2,4-6,11-12,15H2,1,3H3,(H,29,30,31). The first kappa shape index (κ1) is 26.4. The van der Waals surface area contributed by atoms with Crippen molar-refractivity contribution >= 4 is 38.8 Å². The molecule has 1 saturated carbocycles. The van der Waals surface area contributed by atoms with E-state index >= 15 is 0 Å². The molecule has 10 heteroatoms. The van der Waals surface area contributed by atoms with Crippen LogP contribution < -0.4 is 4.74 Å². The number of ether oxygens (including phenoxy) is 3. The van der Waals surface area contributed by atoms with E-state index in [1.54, 1.807) is 6.07 Å². The summed E-state index contributed by atoms with van der Waals surface area (Å²) in [6.07, 6.45) is 1.74. The van der Waals surface area contributed by atoms with Crippen molar-refractivity contribution in [3.8, 4) is 5.75 Å². The minimum absolute atomic E-state index is 0.0615. The first-order valence-electron chi connectivity index (χ1n) is 11.2. The van der Waals surface area contributed by atoms with Gasteiger partial charge in [0.25, 0.3) is 10.1 Å². The fourth-order valence-electron chi connectivity index (χ4n) is 3.98. The Morgan fingerprint density at radius 2 is 1.74 bits per heavy atom. The molecule has 188 valence electrons. The number of rotatable bonds is 9. The maximum Gasteiger partial charge on any atom is 0.348 e. The van der Waals surface area contributed by atoms with Gasteiger partial charge in [-0.05, 0) is 74.1 Å². The summed E-state index contributed by atoms with van der Waals surface area (Å²) >= 11 is 0. The second-order valence-electron chi connectivity index (χ2n) is 8.66. The number of hydrogen-bond acceptors (Lipinski definition) is 8. The quantitative estimate of drug-likeness (QED) is 0.231. The van der Waals surface area contributed by atoms with Gasteiger partial charge in [0, 0.05) is 5.57 Å². The highest BCUT2D eigenvalue weighted by Gasteiger charge is 2.39. The van der Waals surface area contributed by atoms with E-state index in [-0.39, 0.29) is 16.2 Å². The maximum absolute atomic E-state index is 12.9. The maximum atomic E-state index is 12.9. The summed E-state index contributed by atoms with van der Waals surface area (Å²) in [6.45, 7) is 6.83. The summed E-state index contributed by atoms with van der Waals surface area (Å²) in [4.78, 5) is 37.3. The van der Waals surface area contributed by atoms with Crippen molar-refractivity contribution in [2.75, 3.05) is 0 Å². The van der Waals surface area contributed by atoms with Crippen molar-refractivity contribution in [1.82, 2.24) is 0 Å². The SMILES string of the molecule is C=C(C)C(=O)OC(CC(=O)Oc1ccc2ccc(S(=O)(=O)O)cc2c1)C(=O)OC1(CC)CCCC1. The lowest BCUT2D eigenvalue weighted by Gasteiger charge is -2.29. The molecule has 2 aromatic rings. The summed E-state index contributed by atoms with van der Waals surface area (Å²) in [5.41, 5.74) is -0.579. The zero-order chi connectivity index (χ0) is 25.8. The summed E-state index contributed by atoms with van der Waals surface area (Å²) in [5, 5.41) is 1.05. The van der Waals surface area contributed by atoms with Crippen LogP contribution in [0.4, 0.5) is 0 Å². The highest BCUT2D eigenvalue weighted by molar-refractivity contribution is 7.85. The number of fused-ring (bicyclic) bond motifs is 1. The molecule has 0 amide bonds. The van der Waals surface area contributed by atoms with Crippen LogP contribution in [0.2, 0.25) is 0 Å². The van der Waals surface area contributed by atoms with E-state index in [0.29, 0.717) is 30.0 Å². The lowest BCUT2D eigenvalue weighted by Crippen LogP contribution is -2.39. The van der Waals surface area contributed by atoms with E-state index in [9.17, 15) is 27.4 Å². The first-order chi connectivity index (χ1) is 16.4. The topological polar surface area (TPSA) is 133 Å². The van der Waals surface area contributed by atoms with Crippen LogP contribution in [0.3, 0.4) is 0 Å². The van der Waals surface area contributed by atoms with Crippen molar-refractivity contribution in [3.05, 3.63) is 48.6 Å². The molecule has 1 N–H and O–H groups in total. The van der Waals surface area contributed by atoms with E-state index in [2.05, 4.69) is 6.58 Å². The van der Waals surface area contributed by atoms with Crippen molar-refractivity contribution in [2.45, 2.75) is 69.0 Å². The molecule has 1 fully saturated rings. The van der Waals surface area contributed by atoms with E-state index in [4.69, 9.17) is 14.2 Å². The second kappa shape index (κ2) is 10.6. The highest BCUT2D eigenvalue weighted by atomic mass is 32.2. The fraction of sp³-hybridized carbons (Fsp3) is 0.400. The first-order valence-corrected chi connectivity index (χ1v) is 12.7. The minimum Gasteiger partial charge on any atom is -0.456 e. The Hall–Kier alpha value is -3.24. The Labute approximate surface area is 203 Å². The molecule has 0 bridgehead atoms. The lowest BCUT2D eigenvalue weighted by atomic mass is 9.98. The number of hydrogen-bond donors (Lipinski definition) is 1. The van der Waals surface area contributed by atoms with Crippen molar-refractivity contribution in [2.24, 2.45) is 0 Å². The van der Waals surface area contributed by atoms with E-state index in [0.717, 1.165) is 12.8 Å². The molecule has 0 radical (unpaired) electrons. The highest BCUT2D eigenvalue weighted by Crippen LogP contribution is 2.36. The molecule has 0 spiro atoms. The van der Waals surface area contributed by atoms with Gasteiger partial charge in [-0.3, -0.25) is 9.35 Å². The molecule has 1 unspecified atom stereocenters. The molecule has 35 heavy (non-hydrogen) atoms. The van der Waals surface area contributed by atoms with Gasteiger partial charge in [0.2, 0.25) is 6.10 Å². The molecule has 9 nitrogen and oxygen atoms in total. The number of carbonyl (C=O) groups excluding carboxylic acids is 3. The average Bonchev–Trinajstić information content (AvgIpc) is 3.26.